The van der Waals surface area contributed by atoms with Gasteiger partial charge in [-0.2, -0.15) is 0 Å². The molecule has 0 saturated heterocycles. The zero-order valence-electron chi connectivity index (χ0n) is 9.92. The first kappa shape index (κ1) is 13.5. The van der Waals surface area contributed by atoms with Crippen LogP contribution in [-0.2, 0) is 0 Å². The number of benzene rings is 1. The first-order valence-corrected chi connectivity index (χ1v) is 5.21. The average molecular weight is 246 g/mol. The second-order valence-electron chi connectivity index (χ2n) is 3.52. The number of carbonyl (C=O) groups is 2. The van der Waals surface area contributed by atoms with Crippen molar-refractivity contribution in [1.29, 1.82) is 0 Å². The van der Waals surface area contributed by atoms with E-state index in [2.05, 4.69) is 4.42 Å². The van der Waals surface area contributed by atoms with Crippen LogP contribution >= 0.6 is 0 Å². The van der Waals surface area contributed by atoms with Crippen LogP contribution in [0.25, 0.3) is 0 Å². The largest absolute Gasteiger partial charge is 0.459 e. The monoisotopic (exact) mass is 246 g/mol. The summed E-state index contributed by atoms with van der Waals surface area (Å²) in [4.78, 5) is 20.8. The van der Waals surface area contributed by atoms with Crippen molar-refractivity contribution in [3.05, 3.63) is 59.5 Å². The summed E-state index contributed by atoms with van der Waals surface area (Å²) in [5.41, 5.74) is 11.4. The lowest BCUT2D eigenvalue weighted by atomic mass is 10.1. The second-order valence-corrected chi connectivity index (χ2v) is 3.52. The lowest BCUT2D eigenvalue weighted by Gasteiger charge is -1.97. The van der Waals surface area contributed by atoms with Crippen LogP contribution in [0.1, 0.15) is 26.5 Å². The fourth-order valence-corrected chi connectivity index (χ4v) is 1.27. The van der Waals surface area contributed by atoms with Crippen LogP contribution in [0.15, 0.2) is 47.1 Å². The van der Waals surface area contributed by atoms with Crippen LogP contribution in [0.2, 0.25) is 0 Å². The number of rotatable bonds is 2. The standard InChI is InChI=1S/C8H9NO.C5H5NO2/c1-6-4-2-3-5-7(6)8(9)10;6-5(7)4-2-1-3-8-4/h2-5H,1H3,(H2,9,10);1-3H,(H2,6,7). The van der Waals surface area contributed by atoms with Crippen LogP contribution in [0.3, 0.4) is 0 Å². The Hall–Kier alpha value is -2.56. The van der Waals surface area contributed by atoms with Crippen molar-refractivity contribution in [3.63, 3.8) is 0 Å². The van der Waals surface area contributed by atoms with Crippen molar-refractivity contribution in [2.45, 2.75) is 6.92 Å². The summed E-state index contributed by atoms with van der Waals surface area (Å²) in [6.45, 7) is 1.86. The van der Waals surface area contributed by atoms with Crippen LogP contribution in [0, 0.1) is 6.92 Å². The summed E-state index contributed by atoms with van der Waals surface area (Å²) in [6.07, 6.45) is 1.40. The summed E-state index contributed by atoms with van der Waals surface area (Å²) < 4.78 is 4.62. The number of carbonyl (C=O) groups excluding carboxylic acids is 2. The maximum Gasteiger partial charge on any atom is 0.284 e. The molecule has 2 amide bonds. The van der Waals surface area contributed by atoms with Crippen LogP contribution in [-0.4, -0.2) is 11.8 Å². The molecule has 0 aliphatic heterocycles. The van der Waals surface area contributed by atoms with Crippen molar-refractivity contribution in [1.82, 2.24) is 0 Å². The molecule has 0 fully saturated rings. The number of primary amides is 2. The topological polar surface area (TPSA) is 99.3 Å². The van der Waals surface area contributed by atoms with Gasteiger partial charge in [0.2, 0.25) is 5.91 Å². The van der Waals surface area contributed by atoms with E-state index in [1.807, 2.05) is 19.1 Å². The Bertz CT molecular complexity index is 533. The van der Waals surface area contributed by atoms with Gasteiger partial charge in [0.15, 0.2) is 5.76 Å². The molecule has 1 aromatic heterocycles. The van der Waals surface area contributed by atoms with Crippen LogP contribution in [0.5, 0.6) is 0 Å². The molecule has 4 N–H and O–H groups in total. The summed E-state index contributed by atoms with van der Waals surface area (Å²) in [7, 11) is 0. The minimum absolute atomic E-state index is 0.199. The van der Waals surface area contributed by atoms with Gasteiger partial charge in [-0.15, -0.1) is 0 Å². The molecule has 0 unspecified atom stereocenters. The Morgan fingerprint density at radius 2 is 1.67 bits per heavy atom. The number of hydrogen-bond acceptors (Lipinski definition) is 3. The predicted molar refractivity (Wildman–Crippen MR) is 66.9 cm³/mol. The molecule has 5 nitrogen and oxygen atoms in total. The SMILES string of the molecule is Cc1ccccc1C(N)=O.NC(=O)c1ccco1. The molecule has 0 bridgehead atoms. The van der Waals surface area contributed by atoms with Crippen LogP contribution in [0.4, 0.5) is 0 Å². The molecule has 2 rings (SSSR count). The molecule has 0 spiro atoms. The molecule has 1 aromatic carbocycles. The van der Waals surface area contributed by atoms with Gasteiger partial charge < -0.3 is 15.9 Å². The van der Waals surface area contributed by atoms with E-state index in [0.29, 0.717) is 5.56 Å². The summed E-state index contributed by atoms with van der Waals surface area (Å²) >= 11 is 0. The van der Waals surface area contributed by atoms with Gasteiger partial charge in [-0.25, -0.2) is 0 Å². The van der Waals surface area contributed by atoms with E-state index in [9.17, 15) is 9.59 Å². The van der Waals surface area contributed by atoms with Crippen molar-refractivity contribution in [2.24, 2.45) is 11.5 Å². The summed E-state index contributed by atoms with van der Waals surface area (Å²) in [5.74, 6) is -0.696. The number of nitrogens with two attached hydrogens (primary N) is 2. The van der Waals surface area contributed by atoms with Gasteiger partial charge in [0.1, 0.15) is 0 Å². The highest BCUT2D eigenvalue weighted by molar-refractivity contribution is 5.94. The Morgan fingerprint density at radius 3 is 2.00 bits per heavy atom. The predicted octanol–water partition coefficient (Wildman–Crippen LogP) is 1.47. The molecule has 0 atom stereocenters. The third-order valence-electron chi connectivity index (χ3n) is 2.17. The molecule has 2 aromatic rings. The first-order chi connectivity index (χ1) is 8.52. The molecule has 0 aliphatic carbocycles. The average Bonchev–Trinajstić information content (AvgIpc) is 2.83. The highest BCUT2D eigenvalue weighted by Gasteiger charge is 2.00. The third kappa shape index (κ3) is 3.79. The Morgan fingerprint density at radius 1 is 1.00 bits per heavy atom. The highest BCUT2D eigenvalue weighted by Crippen LogP contribution is 2.04. The van der Waals surface area contributed by atoms with Gasteiger partial charge >= 0.3 is 0 Å². The van der Waals surface area contributed by atoms with Crippen LogP contribution < -0.4 is 11.5 Å². The van der Waals surface area contributed by atoms with Gasteiger partial charge in [0, 0.05) is 5.56 Å². The van der Waals surface area contributed by atoms with E-state index in [1.165, 1.54) is 12.3 Å². The fraction of sp³-hybridized carbons (Fsp3) is 0.0769. The number of aryl methyl sites for hydroxylation is 1. The van der Waals surface area contributed by atoms with Gasteiger partial charge in [0.05, 0.1) is 6.26 Å². The minimum atomic E-state index is -0.532. The minimum Gasteiger partial charge on any atom is -0.459 e. The highest BCUT2D eigenvalue weighted by atomic mass is 16.3. The first-order valence-electron chi connectivity index (χ1n) is 5.21. The van der Waals surface area contributed by atoms with Gasteiger partial charge in [-0.1, -0.05) is 18.2 Å². The molecule has 0 saturated carbocycles. The van der Waals surface area contributed by atoms with E-state index < -0.39 is 5.91 Å². The van der Waals surface area contributed by atoms with Gasteiger partial charge in [-0.3, -0.25) is 9.59 Å². The zero-order chi connectivity index (χ0) is 13.5. The number of hydrogen-bond donors (Lipinski definition) is 2. The molecule has 0 aliphatic rings. The Labute approximate surface area is 104 Å². The molecular weight excluding hydrogens is 232 g/mol. The third-order valence-corrected chi connectivity index (χ3v) is 2.17. The quantitative estimate of drug-likeness (QED) is 0.839. The van der Waals surface area contributed by atoms with E-state index in [1.54, 1.807) is 18.2 Å². The molecule has 18 heavy (non-hydrogen) atoms. The van der Waals surface area contributed by atoms with E-state index in [-0.39, 0.29) is 11.7 Å². The van der Waals surface area contributed by atoms with E-state index in [4.69, 9.17) is 11.5 Å². The number of furan rings is 1. The van der Waals surface area contributed by atoms with Crippen molar-refractivity contribution >= 4 is 11.8 Å². The zero-order valence-corrected chi connectivity index (χ0v) is 9.92. The summed E-state index contributed by atoms with van der Waals surface area (Å²) in [6, 6.07) is 10.4. The van der Waals surface area contributed by atoms with Crippen molar-refractivity contribution < 1.29 is 14.0 Å². The van der Waals surface area contributed by atoms with Gasteiger partial charge in [0.25, 0.3) is 5.91 Å². The Balaban J connectivity index is 0.000000184. The smallest absolute Gasteiger partial charge is 0.284 e. The normalized spacial score (nSPS) is 9.17. The number of amides is 2. The molecule has 0 radical (unpaired) electrons. The second kappa shape index (κ2) is 6.24. The molecule has 5 heteroatoms. The maximum atomic E-state index is 10.6. The molecular formula is C13H14N2O3. The molecule has 1 heterocycles. The van der Waals surface area contributed by atoms with Gasteiger partial charge in [-0.05, 0) is 30.7 Å². The maximum absolute atomic E-state index is 10.6. The lowest BCUT2D eigenvalue weighted by Crippen LogP contribution is -2.12. The molecule has 94 valence electrons. The summed E-state index contributed by atoms with van der Waals surface area (Å²) in [5, 5.41) is 0. The van der Waals surface area contributed by atoms with Crippen molar-refractivity contribution in [3.8, 4) is 0 Å². The Kier molecular flexibility index (Phi) is 4.68. The van der Waals surface area contributed by atoms with Crippen molar-refractivity contribution in [2.75, 3.05) is 0 Å². The lowest BCUT2D eigenvalue weighted by molar-refractivity contribution is 0.0971. The van der Waals surface area contributed by atoms with E-state index in [0.717, 1.165) is 5.56 Å². The fourth-order valence-electron chi connectivity index (χ4n) is 1.27. The van der Waals surface area contributed by atoms with E-state index >= 15 is 0 Å².